The van der Waals surface area contributed by atoms with E-state index in [4.69, 9.17) is 5.73 Å². The lowest BCUT2D eigenvalue weighted by molar-refractivity contribution is 0.118. The molecule has 1 saturated heterocycles. The lowest BCUT2D eigenvalue weighted by Gasteiger charge is -2.38. The van der Waals surface area contributed by atoms with E-state index in [0.29, 0.717) is 5.41 Å². The van der Waals surface area contributed by atoms with Gasteiger partial charge in [-0.05, 0) is 50.0 Å². The van der Waals surface area contributed by atoms with E-state index >= 15 is 0 Å². The fraction of sp³-hybridized carbons (Fsp3) is 0.533. The summed E-state index contributed by atoms with van der Waals surface area (Å²) in [6, 6.07) is 6.11. The molecule has 4 nitrogen and oxygen atoms in total. The van der Waals surface area contributed by atoms with Gasteiger partial charge in [-0.25, -0.2) is 4.98 Å². The largest absolute Gasteiger partial charge is 0.330 e. The molecule has 102 valence electrons. The Balaban J connectivity index is 1.66. The zero-order valence-corrected chi connectivity index (χ0v) is 11.5. The van der Waals surface area contributed by atoms with Crippen LogP contribution in [0.5, 0.6) is 0 Å². The summed E-state index contributed by atoms with van der Waals surface area (Å²) in [6.45, 7) is 6.30. The third-order valence-electron chi connectivity index (χ3n) is 4.36. The zero-order chi connectivity index (χ0) is 13.3. The summed E-state index contributed by atoms with van der Waals surface area (Å²) >= 11 is 0. The normalized spacial score (nSPS) is 19.9. The summed E-state index contributed by atoms with van der Waals surface area (Å²) in [7, 11) is 0. The molecule has 2 aromatic rings. The highest BCUT2D eigenvalue weighted by Crippen LogP contribution is 2.29. The van der Waals surface area contributed by atoms with Gasteiger partial charge in [0.15, 0.2) is 0 Å². The van der Waals surface area contributed by atoms with E-state index in [1.807, 2.05) is 24.4 Å². The van der Waals surface area contributed by atoms with E-state index in [-0.39, 0.29) is 0 Å². The lowest BCUT2D eigenvalue weighted by atomic mass is 9.80. The van der Waals surface area contributed by atoms with Gasteiger partial charge in [0.2, 0.25) is 0 Å². The van der Waals surface area contributed by atoms with Gasteiger partial charge in [0.05, 0.1) is 5.69 Å². The van der Waals surface area contributed by atoms with E-state index in [9.17, 15) is 0 Å². The van der Waals surface area contributed by atoms with Gasteiger partial charge in [0, 0.05) is 18.9 Å². The third kappa shape index (κ3) is 2.65. The molecule has 4 heteroatoms. The molecule has 2 N–H and O–H groups in total. The Labute approximate surface area is 114 Å². The number of rotatable bonds is 3. The average Bonchev–Trinajstić information content (AvgIpc) is 2.84. The van der Waals surface area contributed by atoms with Crippen molar-refractivity contribution in [3.63, 3.8) is 0 Å². The van der Waals surface area contributed by atoms with Crippen LogP contribution in [-0.4, -0.2) is 33.9 Å². The maximum atomic E-state index is 5.85. The van der Waals surface area contributed by atoms with Crippen LogP contribution in [0.3, 0.4) is 0 Å². The predicted octanol–water partition coefficient (Wildman–Crippen LogP) is 1.90. The van der Waals surface area contributed by atoms with E-state index in [1.54, 1.807) is 0 Å². The molecule has 3 heterocycles. The summed E-state index contributed by atoms with van der Waals surface area (Å²) < 4.78 is 2.09. The van der Waals surface area contributed by atoms with Crippen molar-refractivity contribution >= 4 is 5.65 Å². The Morgan fingerprint density at radius 3 is 2.79 bits per heavy atom. The van der Waals surface area contributed by atoms with Gasteiger partial charge in [0.25, 0.3) is 0 Å². The van der Waals surface area contributed by atoms with Crippen LogP contribution in [0.2, 0.25) is 0 Å². The highest BCUT2D eigenvalue weighted by atomic mass is 15.1. The highest BCUT2D eigenvalue weighted by molar-refractivity contribution is 5.39. The number of nitrogens with zero attached hydrogens (tertiary/aromatic N) is 3. The smallest absolute Gasteiger partial charge is 0.137 e. The van der Waals surface area contributed by atoms with Crippen LogP contribution in [0.25, 0.3) is 5.65 Å². The first-order chi connectivity index (χ1) is 9.18. The Kier molecular flexibility index (Phi) is 3.29. The number of piperidine rings is 1. The van der Waals surface area contributed by atoms with Crippen molar-refractivity contribution in [2.45, 2.75) is 26.3 Å². The Bertz CT molecular complexity index is 519. The van der Waals surface area contributed by atoms with Crippen molar-refractivity contribution < 1.29 is 0 Å². The predicted molar refractivity (Wildman–Crippen MR) is 76.9 cm³/mol. The van der Waals surface area contributed by atoms with Crippen molar-refractivity contribution in [2.24, 2.45) is 11.1 Å². The second-order valence-electron chi connectivity index (χ2n) is 5.99. The first-order valence-corrected chi connectivity index (χ1v) is 7.04. The van der Waals surface area contributed by atoms with Crippen molar-refractivity contribution in [3.05, 3.63) is 36.3 Å². The molecule has 0 atom stereocenters. The number of likely N-dealkylation sites (tertiary alicyclic amines) is 1. The van der Waals surface area contributed by atoms with E-state index < -0.39 is 0 Å². The maximum Gasteiger partial charge on any atom is 0.137 e. The van der Waals surface area contributed by atoms with Crippen LogP contribution in [0.1, 0.15) is 25.5 Å². The van der Waals surface area contributed by atoms with Crippen molar-refractivity contribution in [1.29, 1.82) is 0 Å². The third-order valence-corrected chi connectivity index (χ3v) is 4.36. The van der Waals surface area contributed by atoms with Crippen LogP contribution >= 0.6 is 0 Å². The first-order valence-electron chi connectivity index (χ1n) is 7.04. The fourth-order valence-corrected chi connectivity index (χ4v) is 2.75. The second-order valence-corrected chi connectivity index (χ2v) is 5.99. The topological polar surface area (TPSA) is 46.6 Å². The quantitative estimate of drug-likeness (QED) is 0.914. The molecule has 0 aromatic carbocycles. The average molecular weight is 258 g/mol. The first kappa shape index (κ1) is 12.6. The molecule has 2 aromatic heterocycles. The molecule has 0 spiro atoms. The lowest BCUT2D eigenvalue weighted by Crippen LogP contribution is -2.41. The molecular weight excluding hydrogens is 236 g/mol. The zero-order valence-electron chi connectivity index (χ0n) is 11.5. The number of hydrogen-bond donors (Lipinski definition) is 1. The SMILES string of the molecule is CC1(CN)CCN(Cc2cn3ccccc3n2)CC1. The number of fused-ring (bicyclic) bond motifs is 1. The molecule has 0 saturated carbocycles. The van der Waals surface area contributed by atoms with Crippen LogP contribution in [0, 0.1) is 5.41 Å². The van der Waals surface area contributed by atoms with E-state index in [0.717, 1.165) is 37.5 Å². The molecule has 0 radical (unpaired) electrons. The van der Waals surface area contributed by atoms with Crippen LogP contribution in [0.4, 0.5) is 0 Å². The molecule has 19 heavy (non-hydrogen) atoms. The second kappa shape index (κ2) is 4.94. The van der Waals surface area contributed by atoms with Crippen molar-refractivity contribution in [2.75, 3.05) is 19.6 Å². The molecular formula is C15H22N4. The molecule has 3 rings (SSSR count). The summed E-state index contributed by atoms with van der Waals surface area (Å²) in [5.74, 6) is 0. The molecule has 1 aliphatic rings. The summed E-state index contributed by atoms with van der Waals surface area (Å²) in [5.41, 5.74) is 8.38. The number of nitrogens with two attached hydrogens (primary N) is 1. The maximum absolute atomic E-state index is 5.85. The fourth-order valence-electron chi connectivity index (χ4n) is 2.75. The molecule has 0 unspecified atom stereocenters. The minimum atomic E-state index is 0.343. The summed E-state index contributed by atoms with van der Waals surface area (Å²) in [6.07, 6.45) is 6.56. The Hall–Kier alpha value is -1.39. The van der Waals surface area contributed by atoms with Gasteiger partial charge in [0.1, 0.15) is 5.65 Å². The summed E-state index contributed by atoms with van der Waals surface area (Å²) in [4.78, 5) is 7.15. The standard InChI is InChI=1S/C15H22N4/c1-15(12-16)5-8-18(9-6-15)10-13-11-19-7-3-2-4-14(19)17-13/h2-4,7,11H,5-6,8-10,12,16H2,1H3. The number of pyridine rings is 1. The Morgan fingerprint density at radius 2 is 2.11 bits per heavy atom. The number of aromatic nitrogens is 2. The minimum Gasteiger partial charge on any atom is -0.330 e. The van der Waals surface area contributed by atoms with Gasteiger partial charge >= 0.3 is 0 Å². The summed E-state index contributed by atoms with van der Waals surface area (Å²) in [5, 5.41) is 0. The van der Waals surface area contributed by atoms with Crippen molar-refractivity contribution in [3.8, 4) is 0 Å². The van der Waals surface area contributed by atoms with Crippen LogP contribution < -0.4 is 5.73 Å². The van der Waals surface area contributed by atoms with Crippen LogP contribution in [0.15, 0.2) is 30.6 Å². The van der Waals surface area contributed by atoms with Gasteiger partial charge in [-0.3, -0.25) is 4.90 Å². The number of imidazole rings is 1. The Morgan fingerprint density at radius 1 is 1.32 bits per heavy atom. The van der Waals surface area contributed by atoms with Gasteiger partial charge < -0.3 is 10.1 Å². The molecule has 1 aliphatic heterocycles. The van der Waals surface area contributed by atoms with E-state index in [1.165, 1.54) is 12.8 Å². The minimum absolute atomic E-state index is 0.343. The molecule has 0 amide bonds. The molecule has 0 aliphatic carbocycles. The van der Waals surface area contributed by atoms with Gasteiger partial charge in [-0.15, -0.1) is 0 Å². The number of hydrogen-bond acceptors (Lipinski definition) is 3. The van der Waals surface area contributed by atoms with Crippen LogP contribution in [-0.2, 0) is 6.54 Å². The van der Waals surface area contributed by atoms with Crippen molar-refractivity contribution in [1.82, 2.24) is 14.3 Å². The van der Waals surface area contributed by atoms with Gasteiger partial charge in [-0.1, -0.05) is 13.0 Å². The monoisotopic (exact) mass is 258 g/mol. The highest BCUT2D eigenvalue weighted by Gasteiger charge is 2.28. The molecule has 0 bridgehead atoms. The van der Waals surface area contributed by atoms with Gasteiger partial charge in [-0.2, -0.15) is 0 Å². The van der Waals surface area contributed by atoms with E-state index in [2.05, 4.69) is 27.4 Å². The molecule has 1 fully saturated rings.